The van der Waals surface area contributed by atoms with Gasteiger partial charge in [-0.1, -0.05) is 24.8 Å². The fraction of sp³-hybridized carbons (Fsp3) is 0.318. The highest BCUT2D eigenvalue weighted by Gasteiger charge is 2.35. The number of hydrogen-bond acceptors (Lipinski definition) is 6. The maximum atomic E-state index is 13.6. The van der Waals surface area contributed by atoms with E-state index in [0.717, 1.165) is 6.26 Å². The van der Waals surface area contributed by atoms with E-state index in [4.69, 9.17) is 4.74 Å². The number of sulfone groups is 1. The standard InChI is InChI=1S/C22H24FN3O5S/c1-5-7-17(24-14(2)32(4,29)30)20-19(15-9-11-16(23)12-10-15)21(27)25-13-6-8-18(26(20)25)22(28)31-3/h5,7,9-12,18H,2,6,8,13H2,1,3-4H3/b7-5-,24-17+. The summed E-state index contributed by atoms with van der Waals surface area (Å²) in [6, 6.07) is 4.54. The zero-order chi connectivity index (χ0) is 23.6. The van der Waals surface area contributed by atoms with Gasteiger partial charge in [0.1, 0.15) is 16.9 Å². The Labute approximate surface area is 185 Å². The van der Waals surface area contributed by atoms with Crippen molar-refractivity contribution in [1.82, 2.24) is 9.36 Å². The lowest BCUT2D eigenvalue weighted by atomic mass is 10.0. The molecular weight excluding hydrogens is 437 g/mol. The summed E-state index contributed by atoms with van der Waals surface area (Å²) < 4.78 is 45.4. The van der Waals surface area contributed by atoms with E-state index in [0.29, 0.717) is 24.9 Å². The Balaban J connectivity index is 2.44. The van der Waals surface area contributed by atoms with Gasteiger partial charge in [-0.05, 0) is 43.5 Å². The Morgan fingerprint density at radius 2 is 1.97 bits per heavy atom. The van der Waals surface area contributed by atoms with Gasteiger partial charge in [-0.25, -0.2) is 27.3 Å². The lowest BCUT2D eigenvalue weighted by Gasteiger charge is -2.27. The quantitative estimate of drug-likeness (QED) is 0.487. The molecule has 2 aromatic rings. The maximum absolute atomic E-state index is 13.6. The maximum Gasteiger partial charge on any atom is 0.330 e. The van der Waals surface area contributed by atoms with Gasteiger partial charge in [0.25, 0.3) is 5.56 Å². The van der Waals surface area contributed by atoms with Gasteiger partial charge in [0.15, 0.2) is 9.84 Å². The summed E-state index contributed by atoms with van der Waals surface area (Å²) >= 11 is 0. The number of hydrogen-bond donors (Lipinski definition) is 0. The summed E-state index contributed by atoms with van der Waals surface area (Å²) in [6.45, 7) is 5.58. The summed E-state index contributed by atoms with van der Waals surface area (Å²) in [5.41, 5.74) is 0.557. The van der Waals surface area contributed by atoms with Crippen LogP contribution in [0.2, 0.25) is 0 Å². The number of nitrogens with zero attached hydrogens (tertiary/aromatic N) is 3. The highest BCUT2D eigenvalue weighted by molar-refractivity contribution is 7.94. The van der Waals surface area contributed by atoms with Gasteiger partial charge in [-0.2, -0.15) is 0 Å². The van der Waals surface area contributed by atoms with E-state index in [9.17, 15) is 22.4 Å². The Morgan fingerprint density at radius 1 is 1.31 bits per heavy atom. The molecule has 170 valence electrons. The van der Waals surface area contributed by atoms with Crippen LogP contribution >= 0.6 is 0 Å². The van der Waals surface area contributed by atoms with Crippen LogP contribution < -0.4 is 5.56 Å². The molecule has 1 aliphatic heterocycles. The predicted molar refractivity (Wildman–Crippen MR) is 120 cm³/mol. The smallest absolute Gasteiger partial charge is 0.330 e. The van der Waals surface area contributed by atoms with Gasteiger partial charge < -0.3 is 4.74 Å². The van der Waals surface area contributed by atoms with E-state index in [1.165, 1.54) is 46.8 Å². The van der Waals surface area contributed by atoms with Gasteiger partial charge in [-0.3, -0.25) is 9.48 Å². The normalized spacial score (nSPS) is 16.8. The number of methoxy groups -OCH3 is 1. The first-order valence-electron chi connectivity index (χ1n) is 9.90. The van der Waals surface area contributed by atoms with E-state index >= 15 is 0 Å². The molecule has 32 heavy (non-hydrogen) atoms. The van der Waals surface area contributed by atoms with Crippen LogP contribution in [0.1, 0.15) is 31.5 Å². The Kier molecular flexibility index (Phi) is 6.63. The predicted octanol–water partition coefficient (Wildman–Crippen LogP) is 2.84. The summed E-state index contributed by atoms with van der Waals surface area (Å²) in [6.07, 6.45) is 5.14. The average molecular weight is 462 g/mol. The van der Waals surface area contributed by atoms with E-state index in [1.54, 1.807) is 13.0 Å². The monoisotopic (exact) mass is 461 g/mol. The molecule has 2 heterocycles. The second kappa shape index (κ2) is 9.07. The van der Waals surface area contributed by atoms with Crippen LogP contribution in [0.25, 0.3) is 11.1 Å². The first-order valence-corrected chi connectivity index (χ1v) is 11.8. The summed E-state index contributed by atoms with van der Waals surface area (Å²) in [4.78, 5) is 30.2. The molecule has 1 aliphatic rings. The molecule has 10 heteroatoms. The molecule has 0 radical (unpaired) electrons. The third-order valence-corrected chi connectivity index (χ3v) is 6.11. The fourth-order valence-corrected chi connectivity index (χ4v) is 3.94. The van der Waals surface area contributed by atoms with Crippen LogP contribution in [0, 0.1) is 5.82 Å². The molecular formula is C22H24FN3O5S. The van der Waals surface area contributed by atoms with Gasteiger partial charge in [-0.15, -0.1) is 0 Å². The molecule has 1 aromatic carbocycles. The van der Waals surface area contributed by atoms with Crippen molar-refractivity contribution in [1.29, 1.82) is 0 Å². The molecule has 0 bridgehead atoms. The molecule has 1 aromatic heterocycles. The molecule has 0 spiro atoms. The average Bonchev–Trinajstić information content (AvgIpc) is 3.05. The van der Waals surface area contributed by atoms with Gasteiger partial charge in [0.05, 0.1) is 24.1 Å². The second-order valence-electron chi connectivity index (χ2n) is 7.35. The molecule has 8 nitrogen and oxygen atoms in total. The first kappa shape index (κ1) is 23.4. The first-order chi connectivity index (χ1) is 15.1. The van der Waals surface area contributed by atoms with Crippen LogP contribution in [0.4, 0.5) is 4.39 Å². The molecule has 0 fully saturated rings. The number of carbonyl (C=O) groups is 1. The minimum atomic E-state index is -3.71. The Morgan fingerprint density at radius 3 is 2.53 bits per heavy atom. The number of aliphatic imine (C=N–C) groups is 1. The zero-order valence-corrected chi connectivity index (χ0v) is 18.9. The van der Waals surface area contributed by atoms with Crippen LogP contribution in [-0.2, 0) is 25.9 Å². The number of rotatable bonds is 6. The van der Waals surface area contributed by atoms with E-state index < -0.39 is 38.3 Å². The number of halogens is 1. The molecule has 0 saturated carbocycles. The topological polar surface area (TPSA) is 99.7 Å². The summed E-state index contributed by atoms with van der Waals surface area (Å²) in [5.74, 6) is -1.01. The highest BCUT2D eigenvalue weighted by Crippen LogP contribution is 2.31. The summed E-state index contributed by atoms with van der Waals surface area (Å²) in [5, 5.41) is -0.394. The van der Waals surface area contributed by atoms with E-state index in [1.807, 2.05) is 0 Å². The third-order valence-electron chi connectivity index (χ3n) is 5.16. The van der Waals surface area contributed by atoms with Gasteiger partial charge in [0, 0.05) is 12.8 Å². The molecule has 0 N–H and O–H groups in total. The van der Waals surface area contributed by atoms with Crippen molar-refractivity contribution in [3.63, 3.8) is 0 Å². The number of ether oxygens (including phenoxy) is 1. The number of benzene rings is 1. The van der Waals surface area contributed by atoms with Crippen molar-refractivity contribution < 1.29 is 22.3 Å². The van der Waals surface area contributed by atoms with Crippen molar-refractivity contribution in [3.8, 4) is 11.1 Å². The van der Waals surface area contributed by atoms with E-state index in [2.05, 4.69) is 11.6 Å². The minimum Gasteiger partial charge on any atom is -0.467 e. The lowest BCUT2D eigenvalue weighted by molar-refractivity contribution is -0.146. The lowest BCUT2D eigenvalue weighted by Crippen LogP contribution is -2.36. The summed E-state index contributed by atoms with van der Waals surface area (Å²) in [7, 11) is -2.45. The van der Waals surface area contributed by atoms with E-state index in [-0.39, 0.29) is 17.0 Å². The molecule has 0 saturated heterocycles. The van der Waals surface area contributed by atoms with Crippen LogP contribution in [0.3, 0.4) is 0 Å². The molecule has 0 amide bonds. The van der Waals surface area contributed by atoms with Crippen LogP contribution in [0.15, 0.2) is 57.8 Å². The van der Waals surface area contributed by atoms with Gasteiger partial charge in [0.2, 0.25) is 0 Å². The number of esters is 1. The Bertz CT molecular complexity index is 1280. The molecule has 1 atom stereocenters. The van der Waals surface area contributed by atoms with Crippen molar-refractivity contribution in [3.05, 3.63) is 69.9 Å². The molecule has 0 aliphatic carbocycles. The van der Waals surface area contributed by atoms with Crippen molar-refractivity contribution in [2.45, 2.75) is 32.4 Å². The second-order valence-corrected chi connectivity index (χ2v) is 9.36. The minimum absolute atomic E-state index is 0.133. The largest absolute Gasteiger partial charge is 0.467 e. The fourth-order valence-electron chi connectivity index (χ4n) is 3.67. The number of carbonyl (C=O) groups excluding carboxylic acids is 1. The van der Waals surface area contributed by atoms with Crippen molar-refractivity contribution >= 4 is 21.5 Å². The number of aromatic nitrogens is 2. The number of allylic oxidation sites excluding steroid dienone is 2. The molecule has 1 unspecified atom stereocenters. The zero-order valence-electron chi connectivity index (χ0n) is 18.0. The van der Waals surface area contributed by atoms with Crippen LogP contribution in [-0.4, -0.2) is 42.8 Å². The number of fused-ring (bicyclic) bond motifs is 1. The van der Waals surface area contributed by atoms with Crippen molar-refractivity contribution in [2.24, 2.45) is 4.99 Å². The molecule has 3 rings (SSSR count). The van der Waals surface area contributed by atoms with Crippen LogP contribution in [0.5, 0.6) is 0 Å². The van der Waals surface area contributed by atoms with Crippen molar-refractivity contribution in [2.75, 3.05) is 13.4 Å². The SMILES string of the molecule is C=C(/N=C(\C=C/C)c1c(-c2ccc(F)cc2)c(=O)n2n1C(C(=O)OC)CCC2)S(C)(=O)=O. The third kappa shape index (κ3) is 4.36. The van der Waals surface area contributed by atoms with Gasteiger partial charge >= 0.3 is 5.97 Å². The Hall–Kier alpha value is -3.27. The highest BCUT2D eigenvalue weighted by atomic mass is 32.2.